The number of carbonyl (C=O) groups excluding carboxylic acids is 1. The van der Waals surface area contributed by atoms with Gasteiger partial charge in [-0.05, 0) is 42.0 Å². The van der Waals surface area contributed by atoms with Crippen LogP contribution in [-0.2, 0) is 0 Å². The zero-order chi connectivity index (χ0) is 23.5. The Morgan fingerprint density at radius 2 is 1.53 bits per heavy atom. The van der Waals surface area contributed by atoms with Gasteiger partial charge in [-0.1, -0.05) is 42.5 Å². The van der Waals surface area contributed by atoms with Gasteiger partial charge in [-0.25, -0.2) is 4.79 Å². The molecule has 2 N–H and O–H groups in total. The summed E-state index contributed by atoms with van der Waals surface area (Å²) < 4.78 is 0. The van der Waals surface area contributed by atoms with Crippen LogP contribution in [0.15, 0.2) is 78.9 Å². The third-order valence-electron chi connectivity index (χ3n) is 6.66. The van der Waals surface area contributed by atoms with Crippen LogP contribution in [0, 0.1) is 0 Å². The van der Waals surface area contributed by atoms with Gasteiger partial charge in [0.25, 0.3) is 5.91 Å². The minimum atomic E-state index is -0.962. The van der Waals surface area contributed by atoms with Crippen LogP contribution < -0.4 is 15.1 Å². The largest absolute Gasteiger partial charge is 0.478 e. The Bertz CT molecular complexity index is 1160. The molecule has 0 spiro atoms. The van der Waals surface area contributed by atoms with Crippen molar-refractivity contribution >= 4 is 23.3 Å². The SMILES string of the molecule is O=C(O)c1ccc(C2NC(=O)c3ccccc3N2CCN2CCN(c3ccccc3)CC2)cc1. The minimum Gasteiger partial charge on any atom is -0.478 e. The summed E-state index contributed by atoms with van der Waals surface area (Å²) in [7, 11) is 0. The summed E-state index contributed by atoms with van der Waals surface area (Å²) in [5.74, 6) is -1.08. The van der Waals surface area contributed by atoms with E-state index in [9.17, 15) is 14.7 Å². The highest BCUT2D eigenvalue weighted by atomic mass is 16.4. The Balaban J connectivity index is 1.32. The van der Waals surface area contributed by atoms with E-state index in [1.165, 1.54) is 5.69 Å². The predicted octanol–water partition coefficient (Wildman–Crippen LogP) is 3.46. The fourth-order valence-electron chi connectivity index (χ4n) is 4.77. The molecule has 2 aliphatic heterocycles. The Hall–Kier alpha value is -3.84. The number of amides is 1. The number of carboxylic acids is 1. The first-order valence-electron chi connectivity index (χ1n) is 11.6. The molecule has 2 aliphatic rings. The van der Waals surface area contributed by atoms with Crippen molar-refractivity contribution in [2.45, 2.75) is 6.17 Å². The molecule has 0 aliphatic carbocycles. The summed E-state index contributed by atoms with van der Waals surface area (Å²) in [6.07, 6.45) is -0.351. The van der Waals surface area contributed by atoms with Gasteiger partial charge >= 0.3 is 5.97 Å². The monoisotopic (exact) mass is 456 g/mol. The number of hydrogen-bond donors (Lipinski definition) is 2. The first-order valence-corrected chi connectivity index (χ1v) is 11.6. The van der Waals surface area contributed by atoms with Crippen LogP contribution in [0.1, 0.15) is 32.4 Å². The van der Waals surface area contributed by atoms with E-state index in [1.807, 2.05) is 30.3 Å². The fourth-order valence-corrected chi connectivity index (χ4v) is 4.77. The van der Waals surface area contributed by atoms with E-state index in [2.05, 4.69) is 44.3 Å². The molecule has 1 amide bonds. The number of benzene rings is 3. The maximum atomic E-state index is 12.8. The van der Waals surface area contributed by atoms with Gasteiger partial charge in [-0.2, -0.15) is 0 Å². The number of nitrogens with one attached hydrogen (secondary N) is 1. The average Bonchev–Trinajstić information content (AvgIpc) is 2.89. The molecule has 3 aromatic carbocycles. The standard InChI is InChI=1S/C27H28N4O3/c32-26-23-8-4-5-9-24(23)31(25(28-26)20-10-12-21(13-11-20)27(33)34)19-16-29-14-17-30(18-15-29)22-6-2-1-3-7-22/h1-13,25H,14-19H2,(H,28,32)(H,33,34). The zero-order valence-electron chi connectivity index (χ0n) is 18.9. The number of rotatable bonds is 6. The summed E-state index contributed by atoms with van der Waals surface area (Å²) in [5.41, 5.74) is 3.92. The number of para-hydroxylation sites is 2. The Morgan fingerprint density at radius 3 is 2.24 bits per heavy atom. The third kappa shape index (κ3) is 4.47. The lowest BCUT2D eigenvalue weighted by atomic mass is 10.0. The van der Waals surface area contributed by atoms with E-state index < -0.39 is 5.97 Å². The number of aromatic carboxylic acids is 1. The van der Waals surface area contributed by atoms with Crippen molar-refractivity contribution in [1.29, 1.82) is 0 Å². The van der Waals surface area contributed by atoms with E-state index in [1.54, 1.807) is 24.3 Å². The highest BCUT2D eigenvalue weighted by Gasteiger charge is 2.32. The highest BCUT2D eigenvalue weighted by Crippen LogP contribution is 2.33. The normalized spacial score (nSPS) is 18.4. The van der Waals surface area contributed by atoms with Gasteiger partial charge < -0.3 is 20.2 Å². The second-order valence-electron chi connectivity index (χ2n) is 8.68. The zero-order valence-corrected chi connectivity index (χ0v) is 18.9. The second kappa shape index (κ2) is 9.57. The number of piperazine rings is 1. The number of hydrogen-bond acceptors (Lipinski definition) is 5. The molecule has 0 radical (unpaired) electrons. The smallest absolute Gasteiger partial charge is 0.335 e. The molecule has 174 valence electrons. The summed E-state index contributed by atoms with van der Waals surface area (Å²) in [6, 6.07) is 24.9. The van der Waals surface area contributed by atoms with E-state index in [0.29, 0.717) is 5.56 Å². The lowest BCUT2D eigenvalue weighted by molar-refractivity contribution is 0.0696. The summed E-state index contributed by atoms with van der Waals surface area (Å²) in [6.45, 7) is 5.54. The van der Waals surface area contributed by atoms with E-state index in [4.69, 9.17) is 0 Å². The molecule has 5 rings (SSSR count). The quantitative estimate of drug-likeness (QED) is 0.592. The number of carboxylic acid groups (broad SMARTS) is 1. The lowest BCUT2D eigenvalue weighted by Crippen LogP contribution is -2.52. The van der Waals surface area contributed by atoms with Crippen LogP contribution >= 0.6 is 0 Å². The molecule has 34 heavy (non-hydrogen) atoms. The van der Waals surface area contributed by atoms with Gasteiger partial charge in [-0.3, -0.25) is 9.69 Å². The predicted molar refractivity (Wildman–Crippen MR) is 132 cm³/mol. The molecular weight excluding hydrogens is 428 g/mol. The van der Waals surface area contributed by atoms with Crippen molar-refractivity contribution in [2.24, 2.45) is 0 Å². The van der Waals surface area contributed by atoms with Crippen molar-refractivity contribution in [3.05, 3.63) is 95.6 Å². The van der Waals surface area contributed by atoms with Crippen LogP contribution in [0.3, 0.4) is 0 Å². The Morgan fingerprint density at radius 1 is 0.853 bits per heavy atom. The van der Waals surface area contributed by atoms with Gasteiger partial charge in [0.05, 0.1) is 16.8 Å². The first kappa shape index (κ1) is 22.0. The topological polar surface area (TPSA) is 76.1 Å². The molecule has 0 bridgehead atoms. The van der Waals surface area contributed by atoms with Crippen molar-refractivity contribution in [1.82, 2.24) is 10.2 Å². The molecule has 3 aromatic rings. The summed E-state index contributed by atoms with van der Waals surface area (Å²) >= 11 is 0. The maximum absolute atomic E-state index is 12.8. The minimum absolute atomic E-state index is 0.115. The van der Waals surface area contributed by atoms with Crippen LogP contribution in [-0.4, -0.2) is 61.2 Å². The second-order valence-corrected chi connectivity index (χ2v) is 8.68. The van der Waals surface area contributed by atoms with Gasteiger partial charge in [0, 0.05) is 45.0 Å². The van der Waals surface area contributed by atoms with Crippen molar-refractivity contribution in [3.8, 4) is 0 Å². The van der Waals surface area contributed by atoms with Gasteiger partial charge in [0.2, 0.25) is 0 Å². The number of fused-ring (bicyclic) bond motifs is 1. The van der Waals surface area contributed by atoms with E-state index in [0.717, 1.165) is 50.5 Å². The van der Waals surface area contributed by atoms with Crippen LogP contribution in [0.25, 0.3) is 0 Å². The molecule has 0 saturated carbocycles. The maximum Gasteiger partial charge on any atom is 0.335 e. The molecule has 2 heterocycles. The first-order chi connectivity index (χ1) is 16.6. The van der Waals surface area contributed by atoms with Crippen LogP contribution in [0.4, 0.5) is 11.4 Å². The molecule has 1 fully saturated rings. The molecule has 1 unspecified atom stereocenters. The molecular formula is C27H28N4O3. The third-order valence-corrected chi connectivity index (χ3v) is 6.66. The molecule has 7 nitrogen and oxygen atoms in total. The van der Waals surface area contributed by atoms with Crippen molar-refractivity contribution < 1.29 is 14.7 Å². The van der Waals surface area contributed by atoms with Gasteiger partial charge in [0.1, 0.15) is 6.17 Å². The van der Waals surface area contributed by atoms with Crippen LogP contribution in [0.5, 0.6) is 0 Å². The van der Waals surface area contributed by atoms with E-state index in [-0.39, 0.29) is 17.6 Å². The fraction of sp³-hybridized carbons (Fsp3) is 0.259. The van der Waals surface area contributed by atoms with Crippen molar-refractivity contribution in [3.63, 3.8) is 0 Å². The number of nitrogens with zero attached hydrogens (tertiary/aromatic N) is 3. The Labute approximate surface area is 199 Å². The molecule has 1 saturated heterocycles. The summed E-state index contributed by atoms with van der Waals surface area (Å²) in [5, 5.41) is 12.4. The van der Waals surface area contributed by atoms with Crippen molar-refractivity contribution in [2.75, 3.05) is 49.1 Å². The lowest BCUT2D eigenvalue weighted by Gasteiger charge is -2.41. The summed E-state index contributed by atoms with van der Waals surface area (Å²) in [4.78, 5) is 31.2. The van der Waals surface area contributed by atoms with E-state index >= 15 is 0 Å². The highest BCUT2D eigenvalue weighted by molar-refractivity contribution is 6.02. The van der Waals surface area contributed by atoms with Crippen LogP contribution in [0.2, 0.25) is 0 Å². The Kier molecular flexibility index (Phi) is 6.18. The molecule has 1 atom stereocenters. The number of anilines is 2. The van der Waals surface area contributed by atoms with Gasteiger partial charge in [-0.15, -0.1) is 0 Å². The molecule has 7 heteroatoms. The number of carbonyl (C=O) groups is 2. The average molecular weight is 457 g/mol. The van der Waals surface area contributed by atoms with Gasteiger partial charge in [0.15, 0.2) is 0 Å². The molecule has 0 aromatic heterocycles.